The smallest absolute Gasteiger partial charge is 0.227 e. The molecule has 0 atom stereocenters. The van der Waals surface area contributed by atoms with E-state index in [1.807, 2.05) is 18.4 Å². The molecule has 0 aliphatic rings. The summed E-state index contributed by atoms with van der Waals surface area (Å²) < 4.78 is 5.58. The van der Waals surface area contributed by atoms with Crippen molar-refractivity contribution in [1.29, 1.82) is 0 Å². The predicted octanol–water partition coefficient (Wildman–Crippen LogP) is 2.53. The summed E-state index contributed by atoms with van der Waals surface area (Å²) in [4.78, 5) is 9.64. The van der Waals surface area contributed by atoms with Crippen LogP contribution in [0.5, 0.6) is 5.88 Å². The molecule has 1 N–H and O–H groups in total. The number of nitrogens with zero attached hydrogens (tertiary/aromatic N) is 2. The molecule has 0 aliphatic heterocycles. The molecular weight excluding hydrogens is 234 g/mol. The molecule has 17 heavy (non-hydrogen) atoms. The first-order valence-electron chi connectivity index (χ1n) is 5.40. The SMILES string of the molecule is C#CCCOc1nc(NCC)nc2sccc12. The van der Waals surface area contributed by atoms with Gasteiger partial charge in [-0.3, -0.25) is 0 Å². The van der Waals surface area contributed by atoms with Gasteiger partial charge in [-0.15, -0.1) is 23.7 Å². The van der Waals surface area contributed by atoms with E-state index in [0.29, 0.717) is 24.9 Å². The van der Waals surface area contributed by atoms with E-state index in [9.17, 15) is 0 Å². The first-order chi connectivity index (χ1) is 8.35. The summed E-state index contributed by atoms with van der Waals surface area (Å²) in [5.41, 5.74) is 0. The minimum Gasteiger partial charge on any atom is -0.476 e. The van der Waals surface area contributed by atoms with Gasteiger partial charge in [0.1, 0.15) is 11.4 Å². The minimum absolute atomic E-state index is 0.476. The van der Waals surface area contributed by atoms with Crippen molar-refractivity contribution in [2.75, 3.05) is 18.5 Å². The largest absolute Gasteiger partial charge is 0.476 e. The van der Waals surface area contributed by atoms with Crippen molar-refractivity contribution in [3.8, 4) is 18.2 Å². The van der Waals surface area contributed by atoms with Crippen molar-refractivity contribution < 1.29 is 4.74 Å². The Hall–Kier alpha value is -1.80. The van der Waals surface area contributed by atoms with E-state index in [1.54, 1.807) is 11.3 Å². The molecule has 0 amide bonds. The van der Waals surface area contributed by atoms with Crippen molar-refractivity contribution in [1.82, 2.24) is 9.97 Å². The van der Waals surface area contributed by atoms with Crippen LogP contribution < -0.4 is 10.1 Å². The average molecular weight is 247 g/mol. The molecular formula is C12H13N3OS. The second-order valence-corrected chi connectivity index (χ2v) is 4.22. The number of aromatic nitrogens is 2. The fourth-order valence-corrected chi connectivity index (χ4v) is 2.14. The predicted molar refractivity (Wildman–Crippen MR) is 70.5 cm³/mol. The van der Waals surface area contributed by atoms with Crippen LogP contribution in [0.15, 0.2) is 11.4 Å². The third-order valence-electron chi connectivity index (χ3n) is 2.11. The Kier molecular flexibility index (Phi) is 3.78. The van der Waals surface area contributed by atoms with Crippen molar-refractivity contribution in [2.45, 2.75) is 13.3 Å². The van der Waals surface area contributed by atoms with Gasteiger partial charge < -0.3 is 10.1 Å². The zero-order valence-electron chi connectivity index (χ0n) is 9.56. The maximum atomic E-state index is 5.58. The van der Waals surface area contributed by atoms with Gasteiger partial charge in [-0.1, -0.05) is 0 Å². The lowest BCUT2D eigenvalue weighted by Gasteiger charge is -2.07. The highest BCUT2D eigenvalue weighted by molar-refractivity contribution is 7.16. The molecule has 0 unspecified atom stereocenters. The Labute approximate surface area is 104 Å². The molecule has 2 heterocycles. The third-order valence-corrected chi connectivity index (χ3v) is 2.92. The quantitative estimate of drug-likeness (QED) is 0.651. The van der Waals surface area contributed by atoms with Crippen LogP contribution in [-0.2, 0) is 0 Å². The molecule has 4 nitrogen and oxygen atoms in total. The van der Waals surface area contributed by atoms with Gasteiger partial charge >= 0.3 is 0 Å². The molecule has 88 valence electrons. The topological polar surface area (TPSA) is 47.0 Å². The molecule has 0 radical (unpaired) electrons. The van der Waals surface area contributed by atoms with Gasteiger partial charge in [0.05, 0.1) is 5.39 Å². The Morgan fingerprint density at radius 3 is 3.18 bits per heavy atom. The Morgan fingerprint density at radius 1 is 1.53 bits per heavy atom. The van der Waals surface area contributed by atoms with Gasteiger partial charge in [-0.25, -0.2) is 4.98 Å². The number of anilines is 1. The van der Waals surface area contributed by atoms with Gasteiger partial charge in [-0.05, 0) is 18.4 Å². The number of rotatable bonds is 5. The molecule has 0 fully saturated rings. The number of ether oxygens (including phenoxy) is 1. The van der Waals surface area contributed by atoms with Crippen molar-refractivity contribution in [3.63, 3.8) is 0 Å². The second-order valence-electron chi connectivity index (χ2n) is 3.32. The lowest BCUT2D eigenvalue weighted by atomic mass is 10.4. The van der Waals surface area contributed by atoms with Crippen molar-refractivity contribution in [2.24, 2.45) is 0 Å². The molecule has 0 saturated heterocycles. The standard InChI is InChI=1S/C12H13N3OS/c1-3-5-7-16-10-9-6-8-17-11(9)15-12(14-10)13-4-2/h1,6,8H,4-5,7H2,2H3,(H,13,14,15). The number of terminal acetylenes is 1. The Balaban J connectivity index is 2.30. The minimum atomic E-state index is 0.476. The lowest BCUT2D eigenvalue weighted by Crippen LogP contribution is -2.05. The van der Waals surface area contributed by atoms with E-state index in [4.69, 9.17) is 11.2 Å². The summed E-state index contributed by atoms with van der Waals surface area (Å²) in [5.74, 6) is 3.73. The van der Waals surface area contributed by atoms with Crippen LogP contribution in [0.3, 0.4) is 0 Å². The molecule has 0 aromatic carbocycles. The molecule has 0 bridgehead atoms. The third kappa shape index (κ3) is 2.66. The van der Waals surface area contributed by atoms with Gasteiger partial charge in [0.15, 0.2) is 0 Å². The first kappa shape index (κ1) is 11.7. The molecule has 0 spiro atoms. The van der Waals surface area contributed by atoms with Crippen LogP contribution in [0.2, 0.25) is 0 Å². The van der Waals surface area contributed by atoms with Crippen LogP contribution in [-0.4, -0.2) is 23.1 Å². The van der Waals surface area contributed by atoms with Crippen LogP contribution in [0, 0.1) is 12.3 Å². The van der Waals surface area contributed by atoms with Crippen LogP contribution in [0.1, 0.15) is 13.3 Å². The maximum Gasteiger partial charge on any atom is 0.227 e. The average Bonchev–Trinajstić information content (AvgIpc) is 2.78. The van der Waals surface area contributed by atoms with Crippen molar-refractivity contribution >= 4 is 27.5 Å². The van der Waals surface area contributed by atoms with E-state index in [0.717, 1.165) is 16.8 Å². The summed E-state index contributed by atoms with van der Waals surface area (Å²) in [6.07, 6.45) is 5.77. The zero-order valence-corrected chi connectivity index (χ0v) is 10.4. The summed E-state index contributed by atoms with van der Waals surface area (Å²) >= 11 is 1.57. The highest BCUT2D eigenvalue weighted by Crippen LogP contribution is 2.28. The fraction of sp³-hybridized carbons (Fsp3) is 0.333. The monoisotopic (exact) mass is 247 g/mol. The number of thiophene rings is 1. The van der Waals surface area contributed by atoms with Crippen LogP contribution >= 0.6 is 11.3 Å². The summed E-state index contributed by atoms with van der Waals surface area (Å²) in [6.45, 7) is 3.26. The van der Waals surface area contributed by atoms with Crippen LogP contribution in [0.4, 0.5) is 5.95 Å². The normalized spacial score (nSPS) is 10.1. The van der Waals surface area contributed by atoms with E-state index in [2.05, 4.69) is 21.2 Å². The highest BCUT2D eigenvalue weighted by Gasteiger charge is 2.09. The van der Waals surface area contributed by atoms with E-state index >= 15 is 0 Å². The Bertz CT molecular complexity index is 544. The zero-order chi connectivity index (χ0) is 12.1. The van der Waals surface area contributed by atoms with E-state index < -0.39 is 0 Å². The number of hydrogen-bond donors (Lipinski definition) is 1. The summed E-state index contributed by atoms with van der Waals surface area (Å²) in [5, 5.41) is 6.00. The second kappa shape index (κ2) is 5.51. The molecule has 0 aliphatic carbocycles. The molecule has 5 heteroatoms. The molecule has 2 rings (SSSR count). The Morgan fingerprint density at radius 2 is 2.41 bits per heavy atom. The van der Waals surface area contributed by atoms with Crippen molar-refractivity contribution in [3.05, 3.63) is 11.4 Å². The number of nitrogens with one attached hydrogen (secondary N) is 1. The first-order valence-corrected chi connectivity index (χ1v) is 6.28. The highest BCUT2D eigenvalue weighted by atomic mass is 32.1. The molecule has 2 aromatic heterocycles. The van der Waals surface area contributed by atoms with E-state index in [-0.39, 0.29) is 0 Å². The summed E-state index contributed by atoms with van der Waals surface area (Å²) in [7, 11) is 0. The molecule has 0 saturated carbocycles. The number of hydrogen-bond acceptors (Lipinski definition) is 5. The van der Waals surface area contributed by atoms with Gasteiger partial charge in [0.2, 0.25) is 11.8 Å². The fourth-order valence-electron chi connectivity index (χ4n) is 1.38. The lowest BCUT2D eigenvalue weighted by molar-refractivity contribution is 0.319. The molecule has 2 aromatic rings. The van der Waals surface area contributed by atoms with Gasteiger partial charge in [0, 0.05) is 13.0 Å². The summed E-state index contributed by atoms with van der Waals surface area (Å²) in [6, 6.07) is 1.96. The maximum absolute atomic E-state index is 5.58. The van der Waals surface area contributed by atoms with Gasteiger partial charge in [0.25, 0.3) is 0 Å². The van der Waals surface area contributed by atoms with Crippen LogP contribution in [0.25, 0.3) is 10.2 Å². The number of fused-ring (bicyclic) bond motifs is 1. The van der Waals surface area contributed by atoms with Gasteiger partial charge in [-0.2, -0.15) is 4.98 Å². The van der Waals surface area contributed by atoms with E-state index in [1.165, 1.54) is 0 Å².